The van der Waals surface area contributed by atoms with Crippen molar-refractivity contribution < 1.29 is 18.3 Å². The number of anilines is 1. The minimum atomic E-state index is -4.52. The van der Waals surface area contributed by atoms with Crippen LogP contribution >= 0.6 is 0 Å². The first-order valence-electron chi connectivity index (χ1n) is 7.08. The van der Waals surface area contributed by atoms with Gasteiger partial charge in [-0.1, -0.05) is 42.5 Å². The zero-order valence-electron chi connectivity index (χ0n) is 11.8. The lowest BCUT2D eigenvalue weighted by Gasteiger charge is -2.39. The minimum Gasteiger partial charge on any atom is -0.396 e. The first-order valence-corrected chi connectivity index (χ1v) is 7.08. The van der Waals surface area contributed by atoms with Crippen molar-refractivity contribution in [2.24, 2.45) is 5.92 Å². The van der Waals surface area contributed by atoms with Crippen LogP contribution in [-0.4, -0.2) is 17.9 Å². The van der Waals surface area contributed by atoms with Crippen LogP contribution in [0.5, 0.6) is 0 Å². The van der Waals surface area contributed by atoms with Gasteiger partial charge in [-0.05, 0) is 29.7 Å². The summed E-state index contributed by atoms with van der Waals surface area (Å²) in [5, 5.41) is 12.2. The molecule has 1 aliphatic carbocycles. The van der Waals surface area contributed by atoms with Gasteiger partial charge in [0.2, 0.25) is 0 Å². The number of rotatable bonds is 3. The highest BCUT2D eigenvalue weighted by Crippen LogP contribution is 2.53. The molecule has 0 saturated heterocycles. The molecule has 0 aliphatic heterocycles. The molecule has 0 heterocycles. The molecule has 5 heteroatoms. The topological polar surface area (TPSA) is 32.3 Å². The zero-order valence-corrected chi connectivity index (χ0v) is 11.8. The van der Waals surface area contributed by atoms with Gasteiger partial charge in [-0.15, -0.1) is 0 Å². The predicted octanol–water partition coefficient (Wildman–Crippen LogP) is 3.72. The summed E-state index contributed by atoms with van der Waals surface area (Å²) in [5.74, 6) is -0.954. The molecule has 2 aromatic carbocycles. The van der Waals surface area contributed by atoms with E-state index in [1.54, 1.807) is 48.5 Å². The zero-order chi connectivity index (χ0) is 15.8. The molecule has 0 fully saturated rings. The number of benzene rings is 2. The van der Waals surface area contributed by atoms with Crippen molar-refractivity contribution in [3.8, 4) is 0 Å². The Morgan fingerprint density at radius 3 is 2.32 bits per heavy atom. The van der Waals surface area contributed by atoms with E-state index < -0.39 is 24.2 Å². The van der Waals surface area contributed by atoms with Gasteiger partial charge in [0.25, 0.3) is 0 Å². The maximum absolute atomic E-state index is 14.0. The van der Waals surface area contributed by atoms with Crippen molar-refractivity contribution in [1.29, 1.82) is 0 Å². The molecule has 3 rings (SSSR count). The van der Waals surface area contributed by atoms with E-state index >= 15 is 0 Å². The summed E-state index contributed by atoms with van der Waals surface area (Å²) in [5.41, 5.74) is -1.05. The number of aliphatic hydroxyl groups is 1. The second kappa shape index (κ2) is 5.32. The fraction of sp³-hybridized carbons (Fsp3) is 0.294. The monoisotopic (exact) mass is 307 g/mol. The van der Waals surface area contributed by atoms with Gasteiger partial charge in [-0.2, -0.15) is 13.2 Å². The Balaban J connectivity index is 2.17. The van der Waals surface area contributed by atoms with E-state index in [2.05, 4.69) is 5.32 Å². The van der Waals surface area contributed by atoms with Gasteiger partial charge in [-0.25, -0.2) is 0 Å². The summed E-state index contributed by atoms with van der Waals surface area (Å²) < 4.78 is 42.1. The van der Waals surface area contributed by atoms with Crippen molar-refractivity contribution in [3.05, 3.63) is 65.7 Å². The van der Waals surface area contributed by atoms with Crippen LogP contribution in [0.4, 0.5) is 18.9 Å². The van der Waals surface area contributed by atoms with Gasteiger partial charge in [0.15, 0.2) is 5.54 Å². The average Bonchev–Trinajstić information content (AvgIpc) is 2.83. The van der Waals surface area contributed by atoms with Gasteiger partial charge in [0.1, 0.15) is 0 Å². The number of alkyl halides is 3. The highest BCUT2D eigenvalue weighted by Gasteiger charge is 2.63. The Morgan fingerprint density at radius 1 is 1.05 bits per heavy atom. The van der Waals surface area contributed by atoms with Gasteiger partial charge in [-0.3, -0.25) is 0 Å². The van der Waals surface area contributed by atoms with E-state index in [0.29, 0.717) is 11.3 Å². The second-order valence-corrected chi connectivity index (χ2v) is 5.54. The van der Waals surface area contributed by atoms with Crippen molar-refractivity contribution in [1.82, 2.24) is 0 Å². The van der Waals surface area contributed by atoms with E-state index in [9.17, 15) is 18.3 Å². The molecule has 0 spiro atoms. The maximum Gasteiger partial charge on any atom is 0.416 e. The fourth-order valence-electron chi connectivity index (χ4n) is 3.30. The van der Waals surface area contributed by atoms with E-state index in [1.165, 1.54) is 6.07 Å². The summed E-state index contributed by atoms with van der Waals surface area (Å²) in [6.07, 6.45) is -4.32. The van der Waals surface area contributed by atoms with Crippen LogP contribution in [-0.2, 0) is 12.0 Å². The molecule has 2 aromatic rings. The van der Waals surface area contributed by atoms with Crippen LogP contribution in [0, 0.1) is 5.92 Å². The number of halogens is 3. The molecule has 116 valence electrons. The lowest BCUT2D eigenvalue weighted by atomic mass is 9.82. The largest absolute Gasteiger partial charge is 0.416 e. The summed E-state index contributed by atoms with van der Waals surface area (Å²) in [4.78, 5) is 0. The normalized spacial score (nSPS) is 24.1. The third-order valence-electron chi connectivity index (χ3n) is 4.30. The van der Waals surface area contributed by atoms with E-state index in [0.717, 1.165) is 0 Å². The molecule has 0 unspecified atom stereocenters. The first kappa shape index (κ1) is 14.9. The van der Waals surface area contributed by atoms with Gasteiger partial charge < -0.3 is 10.4 Å². The van der Waals surface area contributed by atoms with Crippen molar-refractivity contribution >= 4 is 5.69 Å². The van der Waals surface area contributed by atoms with Crippen LogP contribution in [0.1, 0.15) is 11.1 Å². The number of fused-ring (bicyclic) bond motifs is 1. The maximum atomic E-state index is 14.0. The van der Waals surface area contributed by atoms with Crippen LogP contribution < -0.4 is 5.32 Å². The Kier molecular flexibility index (Phi) is 3.60. The number of nitrogens with one attached hydrogen (secondary N) is 1. The summed E-state index contributed by atoms with van der Waals surface area (Å²) in [7, 11) is 0. The molecular formula is C17H16F3NO. The summed E-state index contributed by atoms with van der Waals surface area (Å²) >= 11 is 0. The Hall–Kier alpha value is -2.01. The van der Waals surface area contributed by atoms with Gasteiger partial charge in [0, 0.05) is 18.2 Å². The molecule has 22 heavy (non-hydrogen) atoms. The minimum absolute atomic E-state index is 0.199. The average molecular weight is 307 g/mol. The highest BCUT2D eigenvalue weighted by molar-refractivity contribution is 5.53. The van der Waals surface area contributed by atoms with E-state index in [-0.39, 0.29) is 12.0 Å². The molecular weight excluding hydrogens is 291 g/mol. The molecule has 0 bridgehead atoms. The Bertz CT molecular complexity index is 656. The standard InChI is InChI=1S/C17H16F3NO/c18-17(19,20)16(21-14-7-2-1-3-8-14)13(11-22)10-12-6-4-5-9-15(12)16/h1-9,13,21-22H,10-11H2/t13-,16+/m1/s1. The number of aliphatic hydroxyl groups excluding tert-OH is 1. The van der Waals surface area contributed by atoms with Crippen LogP contribution in [0.25, 0.3) is 0 Å². The van der Waals surface area contributed by atoms with Crippen molar-refractivity contribution in [2.45, 2.75) is 18.1 Å². The lowest BCUT2D eigenvalue weighted by Crippen LogP contribution is -2.53. The third kappa shape index (κ3) is 2.16. The lowest BCUT2D eigenvalue weighted by molar-refractivity contribution is -0.197. The number of para-hydroxylation sites is 1. The molecule has 0 saturated carbocycles. The third-order valence-corrected chi connectivity index (χ3v) is 4.30. The molecule has 2 nitrogen and oxygen atoms in total. The molecule has 0 radical (unpaired) electrons. The highest BCUT2D eigenvalue weighted by atomic mass is 19.4. The van der Waals surface area contributed by atoms with Crippen molar-refractivity contribution in [3.63, 3.8) is 0 Å². The molecule has 0 aromatic heterocycles. The van der Waals surface area contributed by atoms with Crippen LogP contribution in [0.2, 0.25) is 0 Å². The summed E-state index contributed by atoms with van der Waals surface area (Å²) in [6.45, 7) is -0.534. The second-order valence-electron chi connectivity index (χ2n) is 5.54. The smallest absolute Gasteiger partial charge is 0.396 e. The Morgan fingerprint density at radius 2 is 1.68 bits per heavy atom. The van der Waals surface area contributed by atoms with Gasteiger partial charge >= 0.3 is 6.18 Å². The molecule has 2 atom stereocenters. The van der Waals surface area contributed by atoms with Crippen LogP contribution in [0.3, 0.4) is 0 Å². The SMILES string of the molecule is OC[C@H]1Cc2ccccc2[C@]1(Nc1ccccc1)C(F)(F)F. The number of hydrogen-bond donors (Lipinski definition) is 2. The molecule has 2 N–H and O–H groups in total. The fourth-order valence-corrected chi connectivity index (χ4v) is 3.30. The number of hydrogen-bond acceptors (Lipinski definition) is 2. The molecule has 1 aliphatic rings. The Labute approximate surface area is 126 Å². The van der Waals surface area contributed by atoms with Crippen LogP contribution in [0.15, 0.2) is 54.6 Å². The predicted molar refractivity (Wildman–Crippen MR) is 78.5 cm³/mol. The quantitative estimate of drug-likeness (QED) is 0.906. The van der Waals surface area contributed by atoms with Gasteiger partial charge in [0.05, 0.1) is 0 Å². The van der Waals surface area contributed by atoms with Crippen molar-refractivity contribution in [2.75, 3.05) is 11.9 Å². The summed E-state index contributed by atoms with van der Waals surface area (Å²) in [6, 6.07) is 14.8. The van der Waals surface area contributed by atoms with E-state index in [1.807, 2.05) is 0 Å². The molecule has 0 amide bonds. The van der Waals surface area contributed by atoms with E-state index in [4.69, 9.17) is 0 Å². The first-order chi connectivity index (χ1) is 10.5.